The summed E-state index contributed by atoms with van der Waals surface area (Å²) in [6.07, 6.45) is 4.42. The van der Waals surface area contributed by atoms with Crippen LogP contribution in [0.15, 0.2) is 30.0 Å². The lowest BCUT2D eigenvalue weighted by Crippen LogP contribution is -2.41. The summed E-state index contributed by atoms with van der Waals surface area (Å²) in [5.41, 5.74) is 2.23. The van der Waals surface area contributed by atoms with E-state index in [9.17, 15) is 10.0 Å². The molecule has 110 valence electrons. The van der Waals surface area contributed by atoms with E-state index >= 15 is 0 Å². The summed E-state index contributed by atoms with van der Waals surface area (Å²) in [6, 6.07) is 6.03. The molecule has 21 heavy (non-hydrogen) atoms. The number of nitrogens with zero attached hydrogens (tertiary/aromatic N) is 1. The van der Waals surface area contributed by atoms with Crippen LogP contribution in [0, 0.1) is 0 Å². The van der Waals surface area contributed by atoms with E-state index in [1.165, 1.54) is 22.8 Å². The third kappa shape index (κ3) is 2.92. The number of hydroxylamine groups is 2. The summed E-state index contributed by atoms with van der Waals surface area (Å²) in [5.74, 6) is 0.524. The molecule has 1 aliphatic heterocycles. The summed E-state index contributed by atoms with van der Waals surface area (Å²) in [5, 5.41) is 13.2. The normalized spacial score (nSPS) is 15.8. The molecule has 1 aliphatic carbocycles. The Balaban J connectivity index is 1.81. The summed E-state index contributed by atoms with van der Waals surface area (Å²) in [4.78, 5) is 10.7. The number of hydrogen-bond acceptors (Lipinski definition) is 5. The highest BCUT2D eigenvalue weighted by molar-refractivity contribution is 5.66. The van der Waals surface area contributed by atoms with Crippen LogP contribution < -0.4 is 10.4 Å². The van der Waals surface area contributed by atoms with Crippen molar-refractivity contribution in [3.8, 4) is 0 Å². The molecule has 1 N–H and O–H groups in total. The summed E-state index contributed by atoms with van der Waals surface area (Å²) < 4.78 is 10.5. The first-order valence-corrected chi connectivity index (χ1v) is 6.88. The zero-order chi connectivity index (χ0) is 14.8. The van der Waals surface area contributed by atoms with Crippen LogP contribution >= 0.6 is 0 Å². The second kappa shape index (κ2) is 5.61. The fourth-order valence-electron chi connectivity index (χ4n) is 2.73. The maximum atomic E-state index is 10.7. The number of benzene rings is 1. The van der Waals surface area contributed by atoms with Gasteiger partial charge in [0.25, 0.3) is 0 Å². The van der Waals surface area contributed by atoms with Crippen LogP contribution in [0.1, 0.15) is 12.5 Å². The van der Waals surface area contributed by atoms with Crippen LogP contribution in [-0.2, 0) is 20.7 Å². The third-order valence-corrected chi connectivity index (χ3v) is 3.50. The predicted octanol–water partition coefficient (Wildman–Crippen LogP) is 0.300. The maximum absolute atomic E-state index is 10.7. The van der Waals surface area contributed by atoms with E-state index in [0.717, 1.165) is 16.6 Å². The minimum atomic E-state index is -0.306. The van der Waals surface area contributed by atoms with Crippen molar-refractivity contribution in [2.75, 3.05) is 19.8 Å². The number of rotatable bonds is 4. The first-order valence-electron chi connectivity index (χ1n) is 6.88. The molecule has 0 radical (unpaired) electrons. The van der Waals surface area contributed by atoms with Gasteiger partial charge in [0, 0.05) is 24.8 Å². The number of hydrogen-bond donors (Lipinski definition) is 1. The van der Waals surface area contributed by atoms with E-state index in [4.69, 9.17) is 9.47 Å². The molecule has 0 saturated carbocycles. The standard InChI is InChI=1S/C16H17NO4/c1-11(18)20-5-6-21-15-7-12-3-2-4-13-9-17(19)10-14(8-15)16(12)13/h2-4,8-9,19H,5-7,10H2,1H3. The Labute approximate surface area is 122 Å². The number of esters is 1. The van der Waals surface area contributed by atoms with Crippen molar-refractivity contribution in [2.24, 2.45) is 0 Å². The van der Waals surface area contributed by atoms with E-state index in [1.54, 1.807) is 6.20 Å². The average Bonchev–Trinajstić information content (AvgIpc) is 2.43. The molecule has 1 heterocycles. The van der Waals surface area contributed by atoms with Gasteiger partial charge in [0.15, 0.2) is 0 Å². The lowest BCUT2D eigenvalue weighted by Gasteiger charge is -2.23. The van der Waals surface area contributed by atoms with E-state index in [0.29, 0.717) is 19.6 Å². The first-order chi connectivity index (χ1) is 10.1. The van der Waals surface area contributed by atoms with Gasteiger partial charge in [-0.3, -0.25) is 15.1 Å². The number of ether oxygens (including phenoxy) is 2. The molecule has 1 aromatic carbocycles. The van der Waals surface area contributed by atoms with Crippen molar-refractivity contribution in [3.63, 3.8) is 0 Å². The Morgan fingerprint density at radius 3 is 3.05 bits per heavy atom. The molecule has 0 fully saturated rings. The molecular formula is C16H17NO4. The minimum Gasteiger partial charge on any atom is -0.494 e. The molecule has 1 aromatic rings. The quantitative estimate of drug-likeness (QED) is 0.637. The van der Waals surface area contributed by atoms with E-state index in [1.807, 2.05) is 18.2 Å². The molecule has 0 spiro atoms. The van der Waals surface area contributed by atoms with Gasteiger partial charge in [0.2, 0.25) is 0 Å². The Morgan fingerprint density at radius 2 is 2.24 bits per heavy atom. The molecule has 3 rings (SSSR count). The van der Waals surface area contributed by atoms with Crippen molar-refractivity contribution < 1.29 is 19.5 Å². The number of carbonyl (C=O) groups is 1. The topological polar surface area (TPSA) is 59.0 Å². The number of allylic oxidation sites excluding steroid dienone is 1. The fraction of sp³-hybridized carbons (Fsp3) is 0.312. The Morgan fingerprint density at radius 1 is 1.38 bits per heavy atom. The van der Waals surface area contributed by atoms with Crippen LogP contribution in [0.4, 0.5) is 0 Å². The molecule has 0 amide bonds. The van der Waals surface area contributed by atoms with Crippen LogP contribution in [0.25, 0.3) is 11.8 Å². The van der Waals surface area contributed by atoms with Crippen molar-refractivity contribution in [1.82, 2.24) is 5.06 Å². The van der Waals surface area contributed by atoms with E-state index in [2.05, 4.69) is 6.07 Å². The highest BCUT2D eigenvalue weighted by Gasteiger charge is 2.17. The smallest absolute Gasteiger partial charge is 0.302 e. The monoisotopic (exact) mass is 287 g/mol. The molecule has 0 unspecified atom stereocenters. The second-order valence-corrected chi connectivity index (χ2v) is 5.11. The highest BCUT2D eigenvalue weighted by Crippen LogP contribution is 2.17. The van der Waals surface area contributed by atoms with Gasteiger partial charge in [-0.25, -0.2) is 0 Å². The van der Waals surface area contributed by atoms with Crippen LogP contribution in [0.5, 0.6) is 0 Å². The van der Waals surface area contributed by atoms with Gasteiger partial charge >= 0.3 is 5.97 Å². The molecule has 0 aromatic heterocycles. The summed E-state index contributed by atoms with van der Waals surface area (Å²) in [6.45, 7) is 2.40. The largest absolute Gasteiger partial charge is 0.494 e. The van der Waals surface area contributed by atoms with Gasteiger partial charge < -0.3 is 9.47 Å². The van der Waals surface area contributed by atoms with Gasteiger partial charge in [-0.2, -0.15) is 0 Å². The Kier molecular flexibility index (Phi) is 3.66. The molecule has 0 atom stereocenters. The highest BCUT2D eigenvalue weighted by atomic mass is 16.6. The van der Waals surface area contributed by atoms with Crippen LogP contribution in [0.3, 0.4) is 0 Å². The molecule has 0 bridgehead atoms. The van der Waals surface area contributed by atoms with E-state index in [-0.39, 0.29) is 12.6 Å². The van der Waals surface area contributed by atoms with Gasteiger partial charge in [-0.1, -0.05) is 18.2 Å². The van der Waals surface area contributed by atoms with Crippen molar-refractivity contribution in [1.29, 1.82) is 0 Å². The molecule has 5 nitrogen and oxygen atoms in total. The Hall–Kier alpha value is -2.27. The van der Waals surface area contributed by atoms with Crippen LogP contribution in [-0.4, -0.2) is 36.0 Å². The SMILES string of the molecule is CC(=O)OCCOC1=CC2=c3c(cccc3=CN(O)C2)C1. The Bertz CT molecular complexity index is 720. The second-order valence-electron chi connectivity index (χ2n) is 5.11. The molecule has 0 saturated heterocycles. The maximum Gasteiger partial charge on any atom is 0.302 e. The zero-order valence-electron chi connectivity index (χ0n) is 11.8. The van der Waals surface area contributed by atoms with Gasteiger partial charge in [0.05, 0.1) is 6.54 Å². The zero-order valence-corrected chi connectivity index (χ0v) is 11.8. The van der Waals surface area contributed by atoms with Gasteiger partial charge in [-0.05, 0) is 22.4 Å². The summed E-state index contributed by atoms with van der Waals surface area (Å²) >= 11 is 0. The first kappa shape index (κ1) is 13.7. The van der Waals surface area contributed by atoms with Crippen molar-refractivity contribution in [3.05, 3.63) is 46.0 Å². The minimum absolute atomic E-state index is 0.245. The van der Waals surface area contributed by atoms with Crippen molar-refractivity contribution >= 4 is 17.7 Å². The predicted molar refractivity (Wildman–Crippen MR) is 76.4 cm³/mol. The fourth-order valence-corrected chi connectivity index (χ4v) is 2.73. The van der Waals surface area contributed by atoms with Crippen LogP contribution in [0.2, 0.25) is 0 Å². The third-order valence-electron chi connectivity index (χ3n) is 3.50. The van der Waals surface area contributed by atoms with E-state index < -0.39 is 0 Å². The number of carbonyl (C=O) groups excluding carboxylic acids is 1. The lowest BCUT2D eigenvalue weighted by atomic mass is 9.94. The van der Waals surface area contributed by atoms with Crippen molar-refractivity contribution in [2.45, 2.75) is 13.3 Å². The van der Waals surface area contributed by atoms with Gasteiger partial charge in [-0.15, -0.1) is 0 Å². The average molecular weight is 287 g/mol. The molecule has 5 heteroatoms. The lowest BCUT2D eigenvalue weighted by molar-refractivity contribution is -0.142. The molecular weight excluding hydrogens is 270 g/mol. The summed E-state index contributed by atoms with van der Waals surface area (Å²) in [7, 11) is 0. The molecule has 2 aliphatic rings. The van der Waals surface area contributed by atoms with Gasteiger partial charge in [0.1, 0.15) is 19.0 Å².